The number of carbonyl (C=O) groups excluding carboxylic acids is 2. The van der Waals surface area contributed by atoms with Crippen LogP contribution in [-0.4, -0.2) is 26.1 Å². The van der Waals surface area contributed by atoms with Crippen LogP contribution in [0.25, 0.3) is 6.08 Å². The van der Waals surface area contributed by atoms with E-state index in [1.54, 1.807) is 6.07 Å². The van der Waals surface area contributed by atoms with Gasteiger partial charge in [-0.05, 0) is 29.8 Å². The first-order valence-corrected chi connectivity index (χ1v) is 8.23. The first-order chi connectivity index (χ1) is 10.7. The second-order valence-electron chi connectivity index (χ2n) is 5.48. The number of esters is 2. The summed E-state index contributed by atoms with van der Waals surface area (Å²) in [6.45, 7) is 2.92. The van der Waals surface area contributed by atoms with Crippen LogP contribution in [0.1, 0.15) is 19.4 Å². The van der Waals surface area contributed by atoms with E-state index in [0.717, 1.165) is 5.41 Å². The molecule has 1 aromatic carbocycles. The summed E-state index contributed by atoms with van der Waals surface area (Å²) in [4.78, 5) is 23.8. The minimum atomic E-state index is -3.36. The standard InChI is InChI=1S/C15H13NO6S/c1-15(2)21-13(17)11(14(18)22-15)8-16-10-3-4-12-9(7-10)5-6-23(12,19)20/h3-8,16H,1-2H3. The highest BCUT2D eigenvalue weighted by atomic mass is 32.2. The molecular weight excluding hydrogens is 322 g/mol. The van der Waals surface area contributed by atoms with Crippen LogP contribution in [0.3, 0.4) is 0 Å². The number of hydrogen-bond acceptors (Lipinski definition) is 7. The van der Waals surface area contributed by atoms with Gasteiger partial charge in [-0.25, -0.2) is 18.0 Å². The fourth-order valence-corrected chi connectivity index (χ4v) is 3.38. The number of anilines is 1. The van der Waals surface area contributed by atoms with E-state index >= 15 is 0 Å². The van der Waals surface area contributed by atoms with E-state index in [-0.39, 0.29) is 10.5 Å². The van der Waals surface area contributed by atoms with Gasteiger partial charge in [-0.1, -0.05) is 0 Å². The summed E-state index contributed by atoms with van der Waals surface area (Å²) in [5.74, 6) is -2.87. The summed E-state index contributed by atoms with van der Waals surface area (Å²) in [6.07, 6.45) is 2.66. The highest BCUT2D eigenvalue weighted by Gasteiger charge is 2.38. The molecule has 1 saturated heterocycles. The number of rotatable bonds is 2. The molecule has 120 valence electrons. The molecule has 0 bridgehead atoms. The van der Waals surface area contributed by atoms with Gasteiger partial charge in [0.2, 0.25) is 0 Å². The van der Waals surface area contributed by atoms with Gasteiger partial charge in [-0.3, -0.25) is 0 Å². The Morgan fingerprint density at radius 2 is 1.78 bits per heavy atom. The van der Waals surface area contributed by atoms with Gasteiger partial charge >= 0.3 is 11.9 Å². The Balaban J connectivity index is 1.83. The average Bonchev–Trinajstić information content (AvgIpc) is 2.72. The van der Waals surface area contributed by atoms with Gasteiger partial charge in [0, 0.05) is 31.1 Å². The summed E-state index contributed by atoms with van der Waals surface area (Å²) >= 11 is 0. The van der Waals surface area contributed by atoms with Gasteiger partial charge in [0.1, 0.15) is 0 Å². The Morgan fingerprint density at radius 1 is 1.13 bits per heavy atom. The molecule has 0 radical (unpaired) electrons. The van der Waals surface area contributed by atoms with Crippen LogP contribution in [0.4, 0.5) is 5.69 Å². The monoisotopic (exact) mass is 335 g/mol. The van der Waals surface area contributed by atoms with Crippen molar-refractivity contribution in [3.05, 3.63) is 40.9 Å². The maximum atomic E-state index is 11.8. The predicted octanol–water partition coefficient (Wildman–Crippen LogP) is 1.58. The smallest absolute Gasteiger partial charge is 0.350 e. The van der Waals surface area contributed by atoms with Crippen molar-refractivity contribution < 1.29 is 27.5 Å². The predicted molar refractivity (Wildman–Crippen MR) is 80.6 cm³/mol. The third kappa shape index (κ3) is 2.85. The van der Waals surface area contributed by atoms with Crippen LogP contribution in [0, 0.1) is 0 Å². The molecule has 0 amide bonds. The zero-order valence-corrected chi connectivity index (χ0v) is 13.1. The summed E-state index contributed by atoms with van der Waals surface area (Å²) in [5.41, 5.74) is 0.778. The molecule has 0 atom stereocenters. The zero-order valence-electron chi connectivity index (χ0n) is 12.3. The lowest BCUT2D eigenvalue weighted by atomic mass is 10.2. The van der Waals surface area contributed by atoms with Crippen molar-refractivity contribution in [1.82, 2.24) is 0 Å². The van der Waals surface area contributed by atoms with E-state index < -0.39 is 27.6 Å². The van der Waals surface area contributed by atoms with Crippen molar-refractivity contribution in [1.29, 1.82) is 0 Å². The summed E-state index contributed by atoms with van der Waals surface area (Å²) < 4.78 is 33.3. The molecule has 0 aliphatic carbocycles. The van der Waals surface area contributed by atoms with Crippen molar-refractivity contribution in [2.24, 2.45) is 0 Å². The minimum Gasteiger partial charge on any atom is -0.419 e. The molecule has 0 saturated carbocycles. The number of cyclic esters (lactones) is 2. The van der Waals surface area contributed by atoms with Crippen LogP contribution < -0.4 is 5.32 Å². The second-order valence-corrected chi connectivity index (χ2v) is 7.28. The molecular formula is C15H13NO6S. The first-order valence-electron chi connectivity index (χ1n) is 6.69. The number of benzene rings is 1. The summed E-state index contributed by atoms with van der Waals surface area (Å²) in [6, 6.07) is 4.58. The normalized spacial score (nSPS) is 20.5. The Bertz CT molecular complexity index is 857. The van der Waals surface area contributed by atoms with Crippen molar-refractivity contribution in [3.8, 4) is 0 Å². The topological polar surface area (TPSA) is 98.8 Å². The van der Waals surface area contributed by atoms with Crippen LogP contribution in [0.5, 0.6) is 0 Å². The lowest BCUT2D eigenvalue weighted by Gasteiger charge is -2.29. The minimum absolute atomic E-state index is 0.217. The molecule has 1 aromatic rings. The third-order valence-corrected chi connectivity index (χ3v) is 4.72. The molecule has 1 fully saturated rings. The molecule has 0 aromatic heterocycles. The van der Waals surface area contributed by atoms with E-state index in [9.17, 15) is 18.0 Å². The van der Waals surface area contributed by atoms with Gasteiger partial charge in [-0.2, -0.15) is 0 Å². The van der Waals surface area contributed by atoms with Gasteiger partial charge in [0.15, 0.2) is 15.4 Å². The molecule has 7 nitrogen and oxygen atoms in total. The number of ether oxygens (including phenoxy) is 2. The SMILES string of the molecule is CC1(C)OC(=O)C(=CNc2ccc3c(c2)C=CS3(=O)=O)C(=O)O1. The molecule has 1 N–H and O–H groups in total. The highest BCUT2D eigenvalue weighted by Crippen LogP contribution is 2.29. The zero-order chi connectivity index (χ0) is 16.8. The maximum absolute atomic E-state index is 11.8. The van der Waals surface area contributed by atoms with Crippen molar-refractivity contribution in [3.63, 3.8) is 0 Å². The fourth-order valence-electron chi connectivity index (χ4n) is 2.20. The molecule has 3 rings (SSSR count). The largest absolute Gasteiger partial charge is 0.419 e. The summed E-state index contributed by atoms with van der Waals surface area (Å²) in [7, 11) is -3.36. The molecule has 0 spiro atoms. The second kappa shape index (κ2) is 4.95. The van der Waals surface area contributed by atoms with E-state index in [2.05, 4.69) is 5.32 Å². The Labute approximate surface area is 132 Å². The van der Waals surface area contributed by atoms with Crippen LogP contribution >= 0.6 is 0 Å². The van der Waals surface area contributed by atoms with E-state index in [0.29, 0.717) is 11.3 Å². The Kier molecular flexibility index (Phi) is 3.29. The van der Waals surface area contributed by atoms with Crippen LogP contribution in [-0.2, 0) is 28.9 Å². The summed E-state index contributed by atoms with van der Waals surface area (Å²) in [5, 5.41) is 3.89. The molecule has 2 heterocycles. The van der Waals surface area contributed by atoms with E-state index in [1.165, 1.54) is 38.3 Å². The third-order valence-electron chi connectivity index (χ3n) is 3.24. The van der Waals surface area contributed by atoms with Crippen molar-refractivity contribution in [2.45, 2.75) is 24.5 Å². The van der Waals surface area contributed by atoms with Crippen molar-refractivity contribution in [2.75, 3.05) is 5.32 Å². The van der Waals surface area contributed by atoms with E-state index in [4.69, 9.17) is 9.47 Å². The lowest BCUT2D eigenvalue weighted by Crippen LogP contribution is -2.42. The Hall–Kier alpha value is -2.61. The quantitative estimate of drug-likeness (QED) is 0.497. The fraction of sp³-hybridized carbons (Fsp3) is 0.200. The first kappa shape index (κ1) is 15.3. The van der Waals surface area contributed by atoms with Gasteiger partial charge in [-0.15, -0.1) is 0 Å². The molecule has 23 heavy (non-hydrogen) atoms. The van der Waals surface area contributed by atoms with Crippen LogP contribution in [0.2, 0.25) is 0 Å². The molecule has 2 aliphatic rings. The number of nitrogens with one attached hydrogen (secondary N) is 1. The van der Waals surface area contributed by atoms with Gasteiger partial charge in [0.05, 0.1) is 4.90 Å². The highest BCUT2D eigenvalue weighted by molar-refractivity contribution is 7.94. The van der Waals surface area contributed by atoms with Crippen molar-refractivity contribution >= 4 is 33.5 Å². The van der Waals surface area contributed by atoms with Gasteiger partial charge in [0.25, 0.3) is 5.79 Å². The average molecular weight is 335 g/mol. The molecule has 8 heteroatoms. The van der Waals surface area contributed by atoms with Gasteiger partial charge < -0.3 is 14.8 Å². The molecule has 2 aliphatic heterocycles. The number of fused-ring (bicyclic) bond motifs is 1. The van der Waals surface area contributed by atoms with E-state index in [1.807, 2.05) is 0 Å². The number of sulfone groups is 1. The number of carbonyl (C=O) groups is 2. The number of hydrogen-bond donors (Lipinski definition) is 1. The Morgan fingerprint density at radius 3 is 2.43 bits per heavy atom. The maximum Gasteiger partial charge on any atom is 0.350 e. The van der Waals surface area contributed by atoms with Crippen LogP contribution in [0.15, 0.2) is 40.3 Å². The lowest BCUT2D eigenvalue weighted by molar-refractivity contribution is -0.222. The molecule has 0 unspecified atom stereocenters.